The molecule has 1 aromatic heterocycles. The number of thioether (sulfide) groups is 1. The number of nitrogen functional groups attached to an aromatic ring is 1. The minimum Gasteiger partial charge on any atom is -0.374 e. The average Bonchev–Trinajstić information content (AvgIpc) is 2.78. The molecule has 1 aromatic rings. The summed E-state index contributed by atoms with van der Waals surface area (Å²) in [4.78, 5) is 11.9. The van der Waals surface area contributed by atoms with Crippen LogP contribution < -0.4 is 11.1 Å². The number of rotatable bonds is 4. The Hall–Kier alpha value is -0.820. The second-order valence-electron chi connectivity index (χ2n) is 5.14. The van der Waals surface area contributed by atoms with Crippen LogP contribution in [0.25, 0.3) is 0 Å². The predicted molar refractivity (Wildman–Crippen MR) is 79.2 cm³/mol. The van der Waals surface area contributed by atoms with Gasteiger partial charge in [-0.05, 0) is 18.3 Å². The minimum absolute atomic E-state index is 0.0738. The largest absolute Gasteiger partial charge is 0.374 e. The molecule has 106 valence electrons. The quantitative estimate of drug-likeness (QED) is 0.833. The Morgan fingerprint density at radius 1 is 1.47 bits per heavy atom. The number of aromatic nitrogens is 2. The molecular weight excluding hydrogens is 280 g/mol. The Balaban J connectivity index is 1.77. The van der Waals surface area contributed by atoms with Gasteiger partial charge in [-0.3, -0.25) is 4.79 Å². The molecule has 0 spiro atoms. The summed E-state index contributed by atoms with van der Waals surface area (Å²) in [5.74, 6) is 1.70. The monoisotopic (exact) mass is 300 g/mol. The van der Waals surface area contributed by atoms with E-state index in [4.69, 9.17) is 5.73 Å². The van der Waals surface area contributed by atoms with Gasteiger partial charge in [0.2, 0.25) is 11.0 Å². The number of nitrogens with one attached hydrogen (secondary N) is 1. The summed E-state index contributed by atoms with van der Waals surface area (Å²) in [6, 6.07) is 0.316. The van der Waals surface area contributed by atoms with Crippen molar-refractivity contribution in [3.63, 3.8) is 0 Å². The van der Waals surface area contributed by atoms with Crippen molar-refractivity contribution in [1.29, 1.82) is 0 Å². The molecule has 1 aliphatic carbocycles. The summed E-state index contributed by atoms with van der Waals surface area (Å²) in [5.41, 5.74) is 5.50. The van der Waals surface area contributed by atoms with E-state index in [9.17, 15) is 4.79 Å². The summed E-state index contributed by atoms with van der Waals surface area (Å²) in [7, 11) is 0. The Bertz CT molecular complexity index is 437. The highest BCUT2D eigenvalue weighted by Gasteiger charge is 2.28. The maximum absolute atomic E-state index is 11.9. The van der Waals surface area contributed by atoms with Crippen molar-refractivity contribution in [2.45, 2.75) is 43.5 Å². The highest BCUT2D eigenvalue weighted by Crippen LogP contribution is 2.29. The van der Waals surface area contributed by atoms with Crippen LogP contribution in [0.4, 0.5) is 5.13 Å². The number of amides is 1. The van der Waals surface area contributed by atoms with Crippen LogP contribution in [0.2, 0.25) is 0 Å². The van der Waals surface area contributed by atoms with Gasteiger partial charge in [-0.15, -0.1) is 10.2 Å². The molecular formula is C12H20N4OS2. The van der Waals surface area contributed by atoms with Crippen molar-refractivity contribution in [3.05, 3.63) is 0 Å². The third kappa shape index (κ3) is 4.07. The molecule has 3 atom stereocenters. The molecule has 0 bridgehead atoms. The molecule has 5 nitrogen and oxygen atoms in total. The van der Waals surface area contributed by atoms with Gasteiger partial charge in [0.1, 0.15) is 0 Å². The van der Waals surface area contributed by atoms with Crippen LogP contribution in [0, 0.1) is 11.8 Å². The van der Waals surface area contributed by atoms with Gasteiger partial charge in [0.15, 0.2) is 4.34 Å². The zero-order chi connectivity index (χ0) is 13.8. The lowest BCUT2D eigenvalue weighted by Crippen LogP contribution is -2.44. The first-order chi connectivity index (χ1) is 9.06. The van der Waals surface area contributed by atoms with E-state index >= 15 is 0 Å². The third-order valence-electron chi connectivity index (χ3n) is 3.80. The van der Waals surface area contributed by atoms with Crippen LogP contribution in [0.15, 0.2) is 4.34 Å². The summed E-state index contributed by atoms with van der Waals surface area (Å²) < 4.78 is 0.748. The minimum atomic E-state index is 0.0738. The van der Waals surface area contributed by atoms with Crippen LogP contribution in [-0.4, -0.2) is 27.9 Å². The van der Waals surface area contributed by atoms with E-state index in [0.717, 1.165) is 10.8 Å². The molecule has 2 rings (SSSR count). The first-order valence-corrected chi connectivity index (χ1v) is 8.37. The Labute approximate surface area is 121 Å². The maximum Gasteiger partial charge on any atom is 0.230 e. The number of hydrogen-bond donors (Lipinski definition) is 2. The molecule has 0 radical (unpaired) electrons. The van der Waals surface area contributed by atoms with Gasteiger partial charge >= 0.3 is 0 Å². The van der Waals surface area contributed by atoms with Crippen LogP contribution in [-0.2, 0) is 4.79 Å². The number of nitrogens with two attached hydrogens (primary N) is 1. The zero-order valence-electron chi connectivity index (χ0n) is 11.3. The first-order valence-electron chi connectivity index (χ1n) is 6.57. The second kappa shape index (κ2) is 6.56. The topological polar surface area (TPSA) is 80.9 Å². The fraction of sp³-hybridized carbons (Fsp3) is 0.750. The van der Waals surface area contributed by atoms with Crippen molar-refractivity contribution in [2.24, 2.45) is 11.8 Å². The smallest absolute Gasteiger partial charge is 0.230 e. The SMILES string of the molecule is C[C@@H]1[C@@H](NC(=O)CSc2nnc(N)s2)CCC[C@@H]1C. The average molecular weight is 300 g/mol. The maximum atomic E-state index is 11.9. The Morgan fingerprint density at radius 3 is 2.95 bits per heavy atom. The molecule has 0 aromatic carbocycles. The summed E-state index contributed by atoms with van der Waals surface area (Å²) in [6.45, 7) is 4.50. The molecule has 1 fully saturated rings. The number of hydrogen-bond acceptors (Lipinski definition) is 6. The van der Waals surface area contributed by atoms with E-state index in [0.29, 0.717) is 28.8 Å². The number of carbonyl (C=O) groups excluding carboxylic acids is 1. The van der Waals surface area contributed by atoms with Crippen molar-refractivity contribution in [1.82, 2.24) is 15.5 Å². The second-order valence-corrected chi connectivity index (χ2v) is 7.37. The molecule has 1 saturated carbocycles. The predicted octanol–water partition coefficient (Wildman–Crippen LogP) is 2.15. The van der Waals surface area contributed by atoms with Crippen molar-refractivity contribution in [2.75, 3.05) is 11.5 Å². The fourth-order valence-corrected chi connectivity index (χ4v) is 3.89. The Kier molecular flexibility index (Phi) is 5.04. The lowest BCUT2D eigenvalue weighted by atomic mass is 9.78. The number of anilines is 1. The van der Waals surface area contributed by atoms with Gasteiger partial charge in [-0.1, -0.05) is 49.8 Å². The van der Waals surface area contributed by atoms with Gasteiger partial charge in [0.25, 0.3) is 0 Å². The van der Waals surface area contributed by atoms with Crippen LogP contribution >= 0.6 is 23.1 Å². The van der Waals surface area contributed by atoms with Crippen molar-refractivity contribution >= 4 is 34.1 Å². The van der Waals surface area contributed by atoms with E-state index in [-0.39, 0.29) is 5.91 Å². The molecule has 7 heteroatoms. The summed E-state index contributed by atoms with van der Waals surface area (Å²) in [6.07, 6.45) is 3.57. The van der Waals surface area contributed by atoms with Crippen LogP contribution in [0.5, 0.6) is 0 Å². The molecule has 0 saturated heterocycles. The summed E-state index contributed by atoms with van der Waals surface area (Å²) in [5, 5.41) is 11.2. The van der Waals surface area contributed by atoms with Gasteiger partial charge in [-0.25, -0.2) is 0 Å². The van der Waals surface area contributed by atoms with Crippen LogP contribution in [0.3, 0.4) is 0 Å². The highest BCUT2D eigenvalue weighted by molar-refractivity contribution is 8.01. The van der Waals surface area contributed by atoms with Crippen molar-refractivity contribution < 1.29 is 4.79 Å². The van der Waals surface area contributed by atoms with E-state index in [1.54, 1.807) is 0 Å². The standard InChI is InChI=1S/C12H20N4OS2/c1-7-4-3-5-9(8(7)2)14-10(17)6-18-12-16-15-11(13)19-12/h7-9H,3-6H2,1-2H3,(H2,13,15)(H,14,17)/t7-,8-,9-/m0/s1. The van der Waals surface area contributed by atoms with Gasteiger partial charge < -0.3 is 11.1 Å². The van der Waals surface area contributed by atoms with E-state index in [2.05, 4.69) is 29.4 Å². The molecule has 3 N–H and O–H groups in total. The normalized spacial score (nSPS) is 27.2. The third-order valence-corrected chi connectivity index (χ3v) is 5.69. The van der Waals surface area contributed by atoms with E-state index in [1.807, 2.05) is 0 Å². The van der Waals surface area contributed by atoms with Gasteiger partial charge in [0.05, 0.1) is 5.75 Å². The fourth-order valence-electron chi connectivity index (χ4n) is 2.44. The molecule has 19 heavy (non-hydrogen) atoms. The number of carbonyl (C=O) groups is 1. The molecule has 1 aliphatic rings. The van der Waals surface area contributed by atoms with Crippen molar-refractivity contribution in [3.8, 4) is 0 Å². The molecule has 1 heterocycles. The lowest BCUT2D eigenvalue weighted by molar-refractivity contribution is -0.119. The number of nitrogens with zero attached hydrogens (tertiary/aromatic N) is 2. The molecule has 1 amide bonds. The van der Waals surface area contributed by atoms with Crippen LogP contribution in [0.1, 0.15) is 33.1 Å². The summed E-state index contributed by atoms with van der Waals surface area (Å²) >= 11 is 2.71. The van der Waals surface area contributed by atoms with Gasteiger partial charge in [-0.2, -0.15) is 0 Å². The Morgan fingerprint density at radius 2 is 2.26 bits per heavy atom. The lowest BCUT2D eigenvalue weighted by Gasteiger charge is -2.34. The first kappa shape index (κ1) is 14.6. The zero-order valence-corrected chi connectivity index (χ0v) is 12.9. The highest BCUT2D eigenvalue weighted by atomic mass is 32.2. The molecule has 0 unspecified atom stereocenters. The van der Waals surface area contributed by atoms with Gasteiger partial charge in [0, 0.05) is 6.04 Å². The van der Waals surface area contributed by atoms with E-state index < -0.39 is 0 Å². The van der Waals surface area contributed by atoms with E-state index in [1.165, 1.54) is 35.9 Å². The molecule has 0 aliphatic heterocycles.